The highest BCUT2D eigenvalue weighted by Gasteiger charge is 2.31. The molecular weight excluding hydrogens is 307 g/mol. The molecule has 1 aromatic rings. The number of hydrogen-bond acceptors (Lipinski definition) is 5. The number of imide groups is 1. The molecule has 1 aromatic carbocycles. The SMILES string of the molecule is COc1ccc(CC(=O)O[C@@H](C)C(=O)N2CCNC2=O)cc1F. The van der Waals surface area contributed by atoms with Crippen LogP contribution < -0.4 is 10.1 Å². The van der Waals surface area contributed by atoms with E-state index < -0.39 is 29.8 Å². The number of benzene rings is 1. The Labute approximate surface area is 132 Å². The topological polar surface area (TPSA) is 84.9 Å². The third kappa shape index (κ3) is 3.97. The van der Waals surface area contributed by atoms with Crippen LogP contribution >= 0.6 is 0 Å². The number of hydrogen-bond donors (Lipinski definition) is 1. The van der Waals surface area contributed by atoms with Gasteiger partial charge in [0.05, 0.1) is 13.5 Å². The molecule has 3 amide bonds. The van der Waals surface area contributed by atoms with E-state index in [0.29, 0.717) is 12.1 Å². The summed E-state index contributed by atoms with van der Waals surface area (Å²) >= 11 is 0. The monoisotopic (exact) mass is 324 g/mol. The molecule has 0 saturated carbocycles. The van der Waals surface area contributed by atoms with Crippen molar-refractivity contribution in [2.75, 3.05) is 20.2 Å². The van der Waals surface area contributed by atoms with Crippen molar-refractivity contribution >= 4 is 17.9 Å². The van der Waals surface area contributed by atoms with Crippen LogP contribution in [0, 0.1) is 5.82 Å². The summed E-state index contributed by atoms with van der Waals surface area (Å²) in [6, 6.07) is 3.60. The van der Waals surface area contributed by atoms with Crippen molar-refractivity contribution in [3.63, 3.8) is 0 Å². The second kappa shape index (κ2) is 7.08. The van der Waals surface area contributed by atoms with Gasteiger partial charge in [-0.15, -0.1) is 0 Å². The minimum atomic E-state index is -1.09. The van der Waals surface area contributed by atoms with E-state index >= 15 is 0 Å². The quantitative estimate of drug-likeness (QED) is 0.812. The van der Waals surface area contributed by atoms with E-state index in [2.05, 4.69) is 5.32 Å². The van der Waals surface area contributed by atoms with Crippen molar-refractivity contribution in [2.24, 2.45) is 0 Å². The van der Waals surface area contributed by atoms with Gasteiger partial charge in [-0.3, -0.25) is 14.5 Å². The average Bonchev–Trinajstić information content (AvgIpc) is 2.92. The van der Waals surface area contributed by atoms with Gasteiger partial charge in [-0.2, -0.15) is 0 Å². The van der Waals surface area contributed by atoms with Crippen molar-refractivity contribution in [3.8, 4) is 5.75 Å². The van der Waals surface area contributed by atoms with Gasteiger partial charge in [0, 0.05) is 13.1 Å². The van der Waals surface area contributed by atoms with E-state index in [9.17, 15) is 18.8 Å². The molecule has 1 atom stereocenters. The first-order valence-electron chi connectivity index (χ1n) is 7.03. The number of methoxy groups -OCH3 is 1. The summed E-state index contributed by atoms with van der Waals surface area (Å²) in [4.78, 5) is 36.2. The largest absolute Gasteiger partial charge is 0.494 e. The molecule has 0 radical (unpaired) electrons. The summed E-state index contributed by atoms with van der Waals surface area (Å²) in [5.41, 5.74) is 0.395. The molecule has 2 rings (SSSR count). The minimum Gasteiger partial charge on any atom is -0.494 e. The highest BCUT2D eigenvalue weighted by Crippen LogP contribution is 2.18. The maximum absolute atomic E-state index is 13.6. The first-order valence-corrected chi connectivity index (χ1v) is 7.03. The van der Waals surface area contributed by atoms with Crippen LogP contribution in [-0.2, 0) is 20.7 Å². The van der Waals surface area contributed by atoms with Crippen LogP contribution in [0.15, 0.2) is 18.2 Å². The Hall–Kier alpha value is -2.64. The molecule has 0 aromatic heterocycles. The van der Waals surface area contributed by atoms with Crippen LogP contribution in [0.1, 0.15) is 12.5 Å². The Balaban J connectivity index is 1.92. The van der Waals surface area contributed by atoms with E-state index in [1.807, 2.05) is 0 Å². The van der Waals surface area contributed by atoms with Gasteiger partial charge in [-0.25, -0.2) is 9.18 Å². The molecule has 1 saturated heterocycles. The van der Waals surface area contributed by atoms with Gasteiger partial charge in [-0.1, -0.05) is 6.07 Å². The van der Waals surface area contributed by atoms with E-state index in [-0.39, 0.29) is 18.7 Å². The van der Waals surface area contributed by atoms with Crippen LogP contribution in [0.25, 0.3) is 0 Å². The summed E-state index contributed by atoms with van der Waals surface area (Å²) in [5.74, 6) is -1.79. The van der Waals surface area contributed by atoms with Crippen molar-refractivity contribution in [1.82, 2.24) is 10.2 Å². The number of carbonyl (C=O) groups is 3. The van der Waals surface area contributed by atoms with Gasteiger partial charge in [0.2, 0.25) is 0 Å². The number of esters is 1. The molecular formula is C15H17FN2O5. The molecule has 0 aliphatic carbocycles. The fourth-order valence-corrected chi connectivity index (χ4v) is 2.18. The third-order valence-corrected chi connectivity index (χ3v) is 3.34. The number of halogens is 1. The fourth-order valence-electron chi connectivity index (χ4n) is 2.18. The van der Waals surface area contributed by atoms with E-state index in [1.165, 1.54) is 32.2 Å². The Morgan fingerprint density at radius 3 is 2.74 bits per heavy atom. The highest BCUT2D eigenvalue weighted by molar-refractivity contribution is 5.98. The van der Waals surface area contributed by atoms with Gasteiger partial charge < -0.3 is 14.8 Å². The molecule has 0 unspecified atom stereocenters. The van der Waals surface area contributed by atoms with Crippen molar-refractivity contribution in [1.29, 1.82) is 0 Å². The molecule has 1 aliphatic heterocycles. The second-order valence-corrected chi connectivity index (χ2v) is 5.00. The maximum atomic E-state index is 13.6. The average molecular weight is 324 g/mol. The summed E-state index contributed by atoms with van der Waals surface area (Å²) in [5, 5.41) is 2.49. The predicted molar refractivity (Wildman–Crippen MR) is 77.3 cm³/mol. The van der Waals surface area contributed by atoms with Gasteiger partial charge in [0.25, 0.3) is 5.91 Å². The first kappa shape index (κ1) is 16.7. The van der Waals surface area contributed by atoms with Crippen LogP contribution in [0.5, 0.6) is 5.75 Å². The summed E-state index contributed by atoms with van der Waals surface area (Å²) in [6.07, 6.45) is -1.28. The van der Waals surface area contributed by atoms with E-state index in [1.54, 1.807) is 0 Å². The zero-order valence-electron chi connectivity index (χ0n) is 12.8. The highest BCUT2D eigenvalue weighted by atomic mass is 19.1. The standard InChI is InChI=1S/C15H17FN2O5/c1-9(14(20)18-6-5-17-15(18)21)23-13(19)8-10-3-4-12(22-2)11(16)7-10/h3-4,7,9H,5-6,8H2,1-2H3,(H,17,21)/t9-/m0/s1. The van der Waals surface area contributed by atoms with Gasteiger partial charge in [0.1, 0.15) is 0 Å². The maximum Gasteiger partial charge on any atom is 0.324 e. The lowest BCUT2D eigenvalue weighted by atomic mass is 10.1. The Morgan fingerprint density at radius 1 is 1.43 bits per heavy atom. The number of carbonyl (C=O) groups excluding carboxylic acids is 3. The van der Waals surface area contributed by atoms with Crippen LogP contribution in [0.3, 0.4) is 0 Å². The molecule has 7 nitrogen and oxygen atoms in total. The first-order chi connectivity index (χ1) is 10.9. The zero-order valence-corrected chi connectivity index (χ0v) is 12.8. The van der Waals surface area contributed by atoms with Crippen LogP contribution in [0.2, 0.25) is 0 Å². The molecule has 1 fully saturated rings. The Bertz CT molecular complexity index is 634. The van der Waals surface area contributed by atoms with Gasteiger partial charge in [-0.05, 0) is 24.6 Å². The van der Waals surface area contributed by atoms with Crippen LogP contribution in [0.4, 0.5) is 9.18 Å². The number of nitrogens with zero attached hydrogens (tertiary/aromatic N) is 1. The summed E-state index contributed by atoms with van der Waals surface area (Å²) < 4.78 is 23.4. The lowest BCUT2D eigenvalue weighted by molar-refractivity contribution is -0.156. The lowest BCUT2D eigenvalue weighted by Gasteiger charge is -2.18. The molecule has 1 N–H and O–H groups in total. The number of rotatable bonds is 5. The lowest BCUT2D eigenvalue weighted by Crippen LogP contribution is -2.42. The predicted octanol–water partition coefficient (Wildman–Crippen LogP) is 0.860. The summed E-state index contributed by atoms with van der Waals surface area (Å²) in [7, 11) is 1.34. The van der Waals surface area contributed by atoms with Crippen molar-refractivity contribution in [2.45, 2.75) is 19.4 Å². The molecule has 8 heteroatoms. The number of ether oxygens (including phenoxy) is 2. The molecule has 0 bridgehead atoms. The summed E-state index contributed by atoms with van der Waals surface area (Å²) in [6.45, 7) is 2.00. The molecule has 23 heavy (non-hydrogen) atoms. The Morgan fingerprint density at radius 2 is 2.17 bits per heavy atom. The van der Waals surface area contributed by atoms with Gasteiger partial charge >= 0.3 is 12.0 Å². The van der Waals surface area contributed by atoms with Crippen LogP contribution in [-0.4, -0.2) is 49.1 Å². The minimum absolute atomic E-state index is 0.0747. The Kier molecular flexibility index (Phi) is 5.15. The number of amides is 3. The van der Waals surface area contributed by atoms with Crippen molar-refractivity contribution < 1.29 is 28.2 Å². The second-order valence-electron chi connectivity index (χ2n) is 5.00. The van der Waals surface area contributed by atoms with Gasteiger partial charge in [0.15, 0.2) is 17.7 Å². The molecule has 1 heterocycles. The molecule has 1 aliphatic rings. The van der Waals surface area contributed by atoms with E-state index in [0.717, 1.165) is 4.90 Å². The smallest absolute Gasteiger partial charge is 0.324 e. The normalized spacial score (nSPS) is 15.1. The zero-order chi connectivity index (χ0) is 17.0. The van der Waals surface area contributed by atoms with Crippen molar-refractivity contribution in [3.05, 3.63) is 29.6 Å². The number of nitrogens with one attached hydrogen (secondary N) is 1. The molecule has 0 spiro atoms. The molecule has 124 valence electrons. The third-order valence-electron chi connectivity index (χ3n) is 3.34. The fraction of sp³-hybridized carbons (Fsp3) is 0.400. The van der Waals surface area contributed by atoms with E-state index in [4.69, 9.17) is 9.47 Å². The number of urea groups is 1.